The van der Waals surface area contributed by atoms with Crippen LogP contribution >= 0.6 is 15.9 Å². The van der Waals surface area contributed by atoms with E-state index in [1.807, 2.05) is 13.8 Å². The van der Waals surface area contributed by atoms with E-state index in [4.69, 9.17) is 13.6 Å². The molecule has 1 aliphatic carbocycles. The van der Waals surface area contributed by atoms with Crippen LogP contribution in [-0.2, 0) is 24.8 Å². The summed E-state index contributed by atoms with van der Waals surface area (Å²) in [6.07, 6.45) is 13.6. The number of aliphatic hydroxyl groups excluding tert-OH is 1. The number of carbonyl (C=O) groups excluding carboxylic acids is 1. The number of esters is 1. The third-order valence-corrected chi connectivity index (χ3v) is 19.7. The Bertz CT molecular complexity index is 1150. The number of rotatable bonds is 16. The summed E-state index contributed by atoms with van der Waals surface area (Å²) in [5, 5.41) is 11.6. The number of carbonyl (C=O) groups is 1. The van der Waals surface area contributed by atoms with E-state index < -0.39 is 22.7 Å². The van der Waals surface area contributed by atoms with Crippen LogP contribution in [0.2, 0.25) is 36.3 Å². The minimum absolute atomic E-state index is 0.0204. The minimum atomic E-state index is -2.06. The second-order valence-corrected chi connectivity index (χ2v) is 27.0. The van der Waals surface area contributed by atoms with Crippen LogP contribution in [0.15, 0.2) is 53.0 Å². The van der Waals surface area contributed by atoms with Crippen molar-refractivity contribution in [2.75, 3.05) is 0 Å². The smallest absolute Gasteiger partial charge is 0.306 e. The first-order valence-corrected chi connectivity index (χ1v) is 24.0. The molecule has 0 radical (unpaired) electrons. The van der Waals surface area contributed by atoms with Gasteiger partial charge in [0.1, 0.15) is 0 Å². The Hall–Kier alpha value is -1.04. The van der Waals surface area contributed by atoms with Crippen molar-refractivity contribution in [1.29, 1.82) is 0 Å². The maximum atomic E-state index is 11.9. The minimum Gasteiger partial charge on any atom is -0.463 e. The molecule has 8 heteroatoms. The quantitative estimate of drug-likeness (QED) is 0.0792. The molecule has 2 rings (SSSR count). The monoisotopic (exact) mass is 736 g/mol. The van der Waals surface area contributed by atoms with Gasteiger partial charge in [-0.05, 0) is 112 Å². The van der Waals surface area contributed by atoms with Gasteiger partial charge >= 0.3 is 5.97 Å². The SMILES string of the molecule is CC(C)OC(=O)CCC/C=C\C[C@@H]1[C@@H](/C=C/[C@H](CCc2cccc(Br)c2)O[Si](C)(C)C(C)(C)C)[C@H](O[Si](C)(C)C(C)(C)C)C[C@@H]1O. The highest BCUT2D eigenvalue weighted by Gasteiger charge is 2.47. The van der Waals surface area contributed by atoms with E-state index in [1.165, 1.54) is 5.56 Å². The lowest BCUT2D eigenvalue weighted by atomic mass is 9.89. The fraction of sp³-hybridized carbons (Fsp3) is 0.711. The Morgan fingerprint density at radius 3 is 2.28 bits per heavy atom. The Labute approximate surface area is 292 Å². The molecule has 0 saturated heterocycles. The van der Waals surface area contributed by atoms with Gasteiger partial charge in [0.25, 0.3) is 0 Å². The van der Waals surface area contributed by atoms with Gasteiger partial charge in [-0.25, -0.2) is 0 Å². The van der Waals surface area contributed by atoms with Gasteiger partial charge in [0.15, 0.2) is 16.6 Å². The molecule has 0 amide bonds. The molecule has 0 aromatic heterocycles. The maximum Gasteiger partial charge on any atom is 0.306 e. The lowest BCUT2D eigenvalue weighted by Crippen LogP contribution is -2.45. The standard InChI is InChI=1S/C38H65BrO5Si2/c1-28(2)42-36(41)21-16-14-13-15-20-32-33(35(27-34(32)40)44-46(11,12)38(6,7)8)25-24-31(43-45(9,10)37(3,4)5)23-22-29-18-17-19-30(39)26-29/h13,15,17-19,24-26,28,31-35,40H,14,16,20-23,27H2,1-12H3/b15-13-,25-24+/t31-,32+,33+,34-,35+/m0/s1. The van der Waals surface area contributed by atoms with Crippen LogP contribution in [0.4, 0.5) is 0 Å². The first kappa shape index (κ1) is 41.1. The summed E-state index contributed by atoms with van der Waals surface area (Å²) in [7, 11) is -4.10. The predicted molar refractivity (Wildman–Crippen MR) is 202 cm³/mol. The van der Waals surface area contributed by atoms with Gasteiger partial charge in [-0.2, -0.15) is 0 Å². The number of halogens is 1. The van der Waals surface area contributed by atoms with Crippen molar-refractivity contribution in [2.45, 2.75) is 161 Å². The topological polar surface area (TPSA) is 65.0 Å². The molecule has 1 saturated carbocycles. The van der Waals surface area contributed by atoms with Crippen LogP contribution in [-0.4, -0.2) is 52.1 Å². The van der Waals surface area contributed by atoms with Gasteiger partial charge in [0.05, 0.1) is 24.4 Å². The molecule has 5 atom stereocenters. The maximum absolute atomic E-state index is 11.9. The number of hydrogen-bond acceptors (Lipinski definition) is 5. The van der Waals surface area contributed by atoms with Crippen molar-refractivity contribution in [3.8, 4) is 0 Å². The van der Waals surface area contributed by atoms with Crippen LogP contribution in [0.25, 0.3) is 0 Å². The first-order chi connectivity index (χ1) is 21.1. The van der Waals surface area contributed by atoms with Crippen LogP contribution in [0, 0.1) is 11.8 Å². The Morgan fingerprint density at radius 1 is 1.04 bits per heavy atom. The fourth-order valence-electron chi connectivity index (χ4n) is 5.43. The second kappa shape index (κ2) is 17.6. The molecule has 0 unspecified atom stereocenters. The van der Waals surface area contributed by atoms with Crippen molar-refractivity contribution in [3.63, 3.8) is 0 Å². The predicted octanol–water partition coefficient (Wildman–Crippen LogP) is 10.8. The van der Waals surface area contributed by atoms with E-state index in [-0.39, 0.29) is 46.2 Å². The summed E-state index contributed by atoms with van der Waals surface area (Å²) >= 11 is 3.63. The molecule has 1 N–H and O–H groups in total. The molecule has 1 aliphatic rings. The van der Waals surface area contributed by atoms with Gasteiger partial charge in [0.2, 0.25) is 0 Å². The number of aliphatic hydroxyl groups is 1. The van der Waals surface area contributed by atoms with Gasteiger partial charge in [-0.15, -0.1) is 0 Å². The molecule has 1 fully saturated rings. The van der Waals surface area contributed by atoms with E-state index >= 15 is 0 Å². The van der Waals surface area contributed by atoms with E-state index in [9.17, 15) is 9.90 Å². The van der Waals surface area contributed by atoms with Crippen molar-refractivity contribution >= 4 is 38.5 Å². The lowest BCUT2D eigenvalue weighted by molar-refractivity contribution is -0.147. The Balaban J connectivity index is 2.31. The van der Waals surface area contributed by atoms with Crippen molar-refractivity contribution < 1.29 is 23.5 Å². The summed E-state index contributed by atoms with van der Waals surface area (Å²) in [5.74, 6) is 0.0118. The number of allylic oxidation sites excluding steroid dienone is 2. The number of hydrogen-bond donors (Lipinski definition) is 1. The molecule has 1 aromatic rings. The zero-order chi connectivity index (χ0) is 34.9. The van der Waals surface area contributed by atoms with Crippen LogP contribution in [0.3, 0.4) is 0 Å². The Kier molecular flexibility index (Phi) is 15.7. The molecule has 0 aliphatic heterocycles. The largest absolute Gasteiger partial charge is 0.463 e. The van der Waals surface area contributed by atoms with Crippen LogP contribution in [0.5, 0.6) is 0 Å². The van der Waals surface area contributed by atoms with Crippen LogP contribution in [0.1, 0.15) is 99.5 Å². The molecule has 5 nitrogen and oxygen atoms in total. The molecular weight excluding hydrogens is 672 g/mol. The summed E-state index contributed by atoms with van der Waals surface area (Å²) in [5.41, 5.74) is 1.29. The van der Waals surface area contributed by atoms with E-state index in [0.717, 1.165) is 36.6 Å². The summed E-state index contributed by atoms with van der Waals surface area (Å²) < 4.78 is 20.4. The van der Waals surface area contributed by atoms with Crippen molar-refractivity contribution in [2.24, 2.45) is 11.8 Å². The first-order valence-electron chi connectivity index (χ1n) is 17.4. The number of benzene rings is 1. The van der Waals surface area contributed by atoms with Gasteiger partial charge in [-0.3, -0.25) is 4.79 Å². The third-order valence-electron chi connectivity index (χ3n) is 10.2. The van der Waals surface area contributed by atoms with Crippen molar-refractivity contribution in [3.05, 3.63) is 58.6 Å². The second-order valence-electron chi connectivity index (χ2n) is 16.6. The molecule has 262 valence electrons. The molecule has 0 bridgehead atoms. The summed E-state index contributed by atoms with van der Waals surface area (Å²) in [4.78, 5) is 11.9. The van der Waals surface area contributed by atoms with Gasteiger partial charge in [0, 0.05) is 16.8 Å². The Morgan fingerprint density at radius 2 is 1.70 bits per heavy atom. The van der Waals surface area contributed by atoms with E-state index in [1.54, 1.807) is 0 Å². The molecule has 46 heavy (non-hydrogen) atoms. The highest BCUT2D eigenvalue weighted by atomic mass is 79.9. The van der Waals surface area contributed by atoms with Gasteiger partial charge < -0.3 is 18.7 Å². The highest BCUT2D eigenvalue weighted by molar-refractivity contribution is 9.10. The summed E-state index contributed by atoms with van der Waals surface area (Å²) in [6, 6.07) is 8.54. The zero-order valence-electron chi connectivity index (χ0n) is 31.0. The normalized spacial score (nSPS) is 22.3. The lowest BCUT2D eigenvalue weighted by Gasteiger charge is -2.40. The number of unbranched alkanes of at least 4 members (excludes halogenated alkanes) is 1. The molecule has 0 heterocycles. The summed E-state index contributed by atoms with van der Waals surface area (Å²) in [6.45, 7) is 26.7. The van der Waals surface area contributed by atoms with Crippen LogP contribution < -0.4 is 0 Å². The van der Waals surface area contributed by atoms with Crippen molar-refractivity contribution in [1.82, 2.24) is 0 Å². The molecular formula is C38H65BrO5Si2. The number of aryl methyl sites for hydroxylation is 1. The fourth-order valence-corrected chi connectivity index (χ4v) is 8.54. The third kappa shape index (κ3) is 13.1. The van der Waals surface area contributed by atoms with E-state index in [0.29, 0.717) is 12.8 Å². The molecule has 1 aromatic carbocycles. The number of ether oxygens (including phenoxy) is 1. The molecule has 0 spiro atoms. The highest BCUT2D eigenvalue weighted by Crippen LogP contribution is 2.44. The van der Waals surface area contributed by atoms with E-state index in [2.05, 4.69) is 132 Å². The zero-order valence-corrected chi connectivity index (χ0v) is 34.6. The average molecular weight is 738 g/mol. The average Bonchev–Trinajstić information content (AvgIpc) is 3.18. The van der Waals surface area contributed by atoms with Gasteiger partial charge in [-0.1, -0.05) is 93.9 Å².